The molecule has 0 N–H and O–H groups in total. The van der Waals surface area contributed by atoms with Crippen molar-refractivity contribution < 1.29 is 27.1 Å². The number of alkyl halides is 4. The molecular formula is C16H18F4N4O2. The lowest BCUT2D eigenvalue weighted by Crippen LogP contribution is -2.56. The van der Waals surface area contributed by atoms with E-state index >= 15 is 0 Å². The van der Waals surface area contributed by atoms with E-state index in [-0.39, 0.29) is 23.9 Å². The van der Waals surface area contributed by atoms with E-state index in [4.69, 9.17) is 4.74 Å². The summed E-state index contributed by atoms with van der Waals surface area (Å²) in [5.41, 5.74) is -0.121. The number of nitrogens with zero attached hydrogens (tertiary/aromatic N) is 4. The van der Waals surface area contributed by atoms with Crippen LogP contribution in [0.1, 0.15) is 29.8 Å². The largest absolute Gasteiger partial charge is 0.475 e. The summed E-state index contributed by atoms with van der Waals surface area (Å²) >= 11 is 0. The molecule has 0 unspecified atom stereocenters. The predicted molar refractivity (Wildman–Crippen MR) is 82.9 cm³/mol. The Balaban J connectivity index is 1.54. The van der Waals surface area contributed by atoms with Gasteiger partial charge >= 0.3 is 0 Å². The van der Waals surface area contributed by atoms with Crippen molar-refractivity contribution in [3.8, 4) is 5.88 Å². The summed E-state index contributed by atoms with van der Waals surface area (Å²) in [6, 6.07) is 0. The minimum Gasteiger partial charge on any atom is -0.475 e. The number of carbonyl (C=O) groups is 1. The van der Waals surface area contributed by atoms with Crippen molar-refractivity contribution in [3.05, 3.63) is 11.9 Å². The van der Waals surface area contributed by atoms with Crippen LogP contribution in [0.5, 0.6) is 5.88 Å². The SMILES string of the molecule is O=C(c1cnc(N2CC(F)(F)C2)c(OCC2CC2)n1)N1CCC(F)(F)C1. The highest BCUT2D eigenvalue weighted by atomic mass is 19.3. The van der Waals surface area contributed by atoms with Gasteiger partial charge in [0.2, 0.25) is 0 Å². The second kappa shape index (κ2) is 5.95. The standard InChI is InChI=1S/C16H18F4N4O2/c17-15(18)3-4-23(7-15)14(25)11-5-21-12(24-8-16(19,20)9-24)13(22-11)26-6-10-1-2-10/h5,10H,1-4,6-9H2. The van der Waals surface area contributed by atoms with E-state index in [1.54, 1.807) is 0 Å². The van der Waals surface area contributed by atoms with Crippen molar-refractivity contribution >= 4 is 11.7 Å². The molecule has 3 fully saturated rings. The number of likely N-dealkylation sites (tertiary alicyclic amines) is 1. The van der Waals surface area contributed by atoms with Crippen molar-refractivity contribution in [1.82, 2.24) is 14.9 Å². The van der Waals surface area contributed by atoms with Gasteiger partial charge in [-0.25, -0.2) is 27.5 Å². The van der Waals surface area contributed by atoms with Crippen molar-refractivity contribution in [3.63, 3.8) is 0 Å². The number of carbonyl (C=O) groups excluding carboxylic acids is 1. The molecule has 3 heterocycles. The number of aromatic nitrogens is 2. The van der Waals surface area contributed by atoms with E-state index in [0.29, 0.717) is 12.5 Å². The molecule has 2 saturated heterocycles. The zero-order chi connectivity index (χ0) is 18.5. The minimum atomic E-state index is -2.91. The molecule has 0 aromatic carbocycles. The lowest BCUT2D eigenvalue weighted by Gasteiger charge is -2.39. The maximum Gasteiger partial charge on any atom is 0.282 e. The van der Waals surface area contributed by atoms with Crippen LogP contribution in [0.3, 0.4) is 0 Å². The smallest absolute Gasteiger partial charge is 0.282 e. The summed E-state index contributed by atoms with van der Waals surface area (Å²) in [6.07, 6.45) is 2.78. The van der Waals surface area contributed by atoms with Gasteiger partial charge in [-0.1, -0.05) is 0 Å². The highest BCUT2D eigenvalue weighted by Gasteiger charge is 2.46. The number of halogens is 4. The molecule has 4 rings (SSSR count). The molecule has 6 nitrogen and oxygen atoms in total. The Labute approximate surface area is 147 Å². The highest BCUT2D eigenvalue weighted by Crippen LogP contribution is 2.37. The fraction of sp³-hybridized carbons (Fsp3) is 0.688. The Morgan fingerprint density at radius 3 is 2.50 bits per heavy atom. The second-order valence-corrected chi connectivity index (χ2v) is 7.18. The minimum absolute atomic E-state index is 0.00390. The van der Waals surface area contributed by atoms with Crippen LogP contribution in [0.4, 0.5) is 23.4 Å². The third-order valence-electron chi connectivity index (χ3n) is 4.69. The van der Waals surface area contributed by atoms with Gasteiger partial charge in [-0.2, -0.15) is 0 Å². The molecule has 0 spiro atoms. The van der Waals surface area contributed by atoms with Gasteiger partial charge in [-0.05, 0) is 18.8 Å². The van der Waals surface area contributed by atoms with E-state index in [2.05, 4.69) is 9.97 Å². The van der Waals surface area contributed by atoms with Crippen LogP contribution in [0, 0.1) is 5.92 Å². The fourth-order valence-electron chi connectivity index (χ4n) is 3.00. The molecule has 2 aliphatic heterocycles. The van der Waals surface area contributed by atoms with Gasteiger partial charge in [0.25, 0.3) is 23.6 Å². The molecule has 0 atom stereocenters. The van der Waals surface area contributed by atoms with Gasteiger partial charge in [0.15, 0.2) is 11.5 Å². The van der Waals surface area contributed by atoms with Crippen LogP contribution in [0.25, 0.3) is 0 Å². The van der Waals surface area contributed by atoms with Crippen molar-refractivity contribution in [1.29, 1.82) is 0 Å². The first-order valence-corrected chi connectivity index (χ1v) is 8.52. The van der Waals surface area contributed by atoms with Gasteiger partial charge < -0.3 is 14.5 Å². The van der Waals surface area contributed by atoms with E-state index in [1.165, 1.54) is 4.90 Å². The van der Waals surface area contributed by atoms with Crippen molar-refractivity contribution in [2.24, 2.45) is 5.92 Å². The van der Waals surface area contributed by atoms with Gasteiger partial charge in [-0.15, -0.1) is 0 Å². The predicted octanol–water partition coefficient (Wildman–Crippen LogP) is 2.20. The molecule has 1 saturated carbocycles. The Bertz CT molecular complexity index is 718. The average Bonchev–Trinajstić information content (AvgIpc) is 3.31. The molecule has 10 heteroatoms. The first-order chi connectivity index (χ1) is 12.2. The molecule has 1 aliphatic carbocycles. The summed E-state index contributed by atoms with van der Waals surface area (Å²) in [4.78, 5) is 22.9. The van der Waals surface area contributed by atoms with Crippen LogP contribution in [0.2, 0.25) is 0 Å². The third kappa shape index (κ3) is 3.54. The molecular weight excluding hydrogens is 356 g/mol. The number of amides is 1. The highest BCUT2D eigenvalue weighted by molar-refractivity contribution is 5.92. The van der Waals surface area contributed by atoms with E-state index in [1.807, 2.05) is 0 Å². The quantitative estimate of drug-likeness (QED) is 0.740. The molecule has 1 amide bonds. The Hall–Kier alpha value is -2.13. The Kier molecular flexibility index (Phi) is 3.96. The van der Waals surface area contributed by atoms with Gasteiger partial charge in [0.1, 0.15) is 0 Å². The molecule has 142 valence electrons. The van der Waals surface area contributed by atoms with Gasteiger partial charge in [0.05, 0.1) is 32.4 Å². The maximum absolute atomic E-state index is 13.3. The van der Waals surface area contributed by atoms with Crippen LogP contribution < -0.4 is 9.64 Å². The van der Waals surface area contributed by atoms with E-state index in [0.717, 1.165) is 23.9 Å². The number of rotatable bonds is 5. The van der Waals surface area contributed by atoms with Crippen LogP contribution >= 0.6 is 0 Å². The lowest BCUT2D eigenvalue weighted by molar-refractivity contribution is -0.0270. The summed E-state index contributed by atoms with van der Waals surface area (Å²) in [7, 11) is 0. The molecule has 26 heavy (non-hydrogen) atoms. The normalized spacial score (nSPS) is 23.7. The third-order valence-corrected chi connectivity index (χ3v) is 4.69. The zero-order valence-electron chi connectivity index (χ0n) is 13.9. The Morgan fingerprint density at radius 2 is 1.92 bits per heavy atom. The summed E-state index contributed by atoms with van der Waals surface area (Å²) in [5, 5.41) is 0. The number of anilines is 1. The number of hydrogen-bond acceptors (Lipinski definition) is 5. The molecule has 1 aromatic heterocycles. The van der Waals surface area contributed by atoms with Gasteiger partial charge in [0, 0.05) is 13.0 Å². The summed E-state index contributed by atoms with van der Waals surface area (Å²) < 4.78 is 58.6. The zero-order valence-corrected chi connectivity index (χ0v) is 13.9. The molecule has 1 aromatic rings. The van der Waals surface area contributed by atoms with Gasteiger partial charge in [-0.3, -0.25) is 4.79 Å². The molecule has 0 radical (unpaired) electrons. The fourth-order valence-corrected chi connectivity index (χ4v) is 3.00. The number of hydrogen-bond donors (Lipinski definition) is 0. The number of ether oxygens (including phenoxy) is 1. The average molecular weight is 374 g/mol. The maximum atomic E-state index is 13.3. The van der Waals surface area contributed by atoms with E-state index < -0.39 is 43.8 Å². The van der Waals surface area contributed by atoms with Crippen molar-refractivity contribution in [2.75, 3.05) is 37.7 Å². The summed E-state index contributed by atoms with van der Waals surface area (Å²) in [6.45, 7) is -1.34. The van der Waals surface area contributed by atoms with Crippen molar-refractivity contribution in [2.45, 2.75) is 31.1 Å². The first kappa shape index (κ1) is 17.3. The van der Waals surface area contributed by atoms with Crippen LogP contribution in [-0.4, -0.2) is 65.4 Å². The Morgan fingerprint density at radius 1 is 1.19 bits per heavy atom. The van der Waals surface area contributed by atoms with Crippen LogP contribution in [0.15, 0.2) is 6.20 Å². The molecule has 0 bridgehead atoms. The summed E-state index contributed by atoms with van der Waals surface area (Å²) in [5.74, 6) is -5.81. The van der Waals surface area contributed by atoms with E-state index in [9.17, 15) is 22.4 Å². The van der Waals surface area contributed by atoms with Crippen LogP contribution in [-0.2, 0) is 0 Å². The first-order valence-electron chi connectivity index (χ1n) is 8.52. The topological polar surface area (TPSA) is 58.6 Å². The molecule has 3 aliphatic rings. The lowest BCUT2D eigenvalue weighted by atomic mass is 10.1. The monoisotopic (exact) mass is 374 g/mol. The second-order valence-electron chi connectivity index (χ2n) is 7.18.